The van der Waals surface area contributed by atoms with Crippen LogP contribution in [-0.2, 0) is 4.79 Å². The van der Waals surface area contributed by atoms with Crippen LogP contribution < -0.4 is 5.32 Å². The van der Waals surface area contributed by atoms with Crippen LogP contribution in [0.25, 0.3) is 22.4 Å². The molecule has 0 aliphatic carbocycles. The maximum absolute atomic E-state index is 14.3. The Morgan fingerprint density at radius 3 is 2.70 bits per heavy atom. The fourth-order valence-electron chi connectivity index (χ4n) is 2.67. The molecule has 9 heteroatoms. The number of aliphatic carboxylic acids is 1. The Morgan fingerprint density at radius 1 is 1.30 bits per heavy atom. The van der Waals surface area contributed by atoms with Gasteiger partial charge in [0.25, 0.3) is 0 Å². The van der Waals surface area contributed by atoms with Crippen molar-refractivity contribution in [3.05, 3.63) is 36.3 Å². The summed E-state index contributed by atoms with van der Waals surface area (Å²) in [5.74, 6) is -2.17. The van der Waals surface area contributed by atoms with Gasteiger partial charge < -0.3 is 15.4 Å². The van der Waals surface area contributed by atoms with Crippen molar-refractivity contribution < 1.29 is 18.7 Å². The van der Waals surface area contributed by atoms with Gasteiger partial charge in [0.2, 0.25) is 0 Å². The van der Waals surface area contributed by atoms with E-state index in [-0.39, 0.29) is 18.1 Å². The van der Waals surface area contributed by atoms with Gasteiger partial charge >= 0.3 is 5.97 Å². The highest BCUT2D eigenvalue weighted by atomic mass is 19.1. The van der Waals surface area contributed by atoms with Crippen LogP contribution in [0.1, 0.15) is 27.2 Å². The molecule has 3 rings (SSSR count). The SMILES string of the molecule is CC(C)(C)[C@H](CC(=O)O)Nc1nc(-c2c[nH]c3ncc(F)cc23)ncc1F. The smallest absolute Gasteiger partial charge is 0.305 e. The molecule has 3 aromatic rings. The van der Waals surface area contributed by atoms with E-state index < -0.39 is 29.1 Å². The lowest BCUT2D eigenvalue weighted by Gasteiger charge is -2.30. The lowest BCUT2D eigenvalue weighted by atomic mass is 9.85. The number of rotatable bonds is 5. The van der Waals surface area contributed by atoms with Crippen molar-refractivity contribution >= 4 is 22.8 Å². The van der Waals surface area contributed by atoms with E-state index >= 15 is 0 Å². The molecule has 0 unspecified atom stereocenters. The van der Waals surface area contributed by atoms with Crippen molar-refractivity contribution in [2.24, 2.45) is 5.41 Å². The predicted molar refractivity (Wildman–Crippen MR) is 96.2 cm³/mol. The van der Waals surface area contributed by atoms with E-state index in [9.17, 15) is 13.6 Å². The molecule has 27 heavy (non-hydrogen) atoms. The number of fused-ring (bicyclic) bond motifs is 1. The molecule has 0 aromatic carbocycles. The number of hydrogen-bond acceptors (Lipinski definition) is 5. The second-order valence-corrected chi connectivity index (χ2v) is 7.30. The first-order chi connectivity index (χ1) is 12.6. The summed E-state index contributed by atoms with van der Waals surface area (Å²) < 4.78 is 27.8. The second-order valence-electron chi connectivity index (χ2n) is 7.30. The first-order valence-electron chi connectivity index (χ1n) is 8.29. The monoisotopic (exact) mass is 375 g/mol. The van der Waals surface area contributed by atoms with Crippen molar-refractivity contribution in [3.8, 4) is 11.4 Å². The summed E-state index contributed by atoms with van der Waals surface area (Å²) in [5.41, 5.74) is 0.460. The largest absolute Gasteiger partial charge is 0.481 e. The van der Waals surface area contributed by atoms with Gasteiger partial charge in [-0.3, -0.25) is 4.79 Å². The van der Waals surface area contributed by atoms with Crippen molar-refractivity contribution in [2.75, 3.05) is 5.32 Å². The van der Waals surface area contributed by atoms with Gasteiger partial charge in [-0.1, -0.05) is 20.8 Å². The number of aromatic amines is 1. The molecule has 142 valence electrons. The van der Waals surface area contributed by atoms with Crippen LogP contribution in [0.2, 0.25) is 0 Å². The summed E-state index contributed by atoms with van der Waals surface area (Å²) in [6, 6.07) is 0.727. The second kappa shape index (κ2) is 6.90. The molecule has 0 saturated heterocycles. The molecule has 0 radical (unpaired) electrons. The molecule has 3 N–H and O–H groups in total. The Morgan fingerprint density at radius 2 is 2.04 bits per heavy atom. The van der Waals surface area contributed by atoms with Crippen LogP contribution in [0, 0.1) is 17.0 Å². The molecule has 0 saturated carbocycles. The minimum Gasteiger partial charge on any atom is -0.481 e. The Bertz CT molecular complexity index is 997. The average Bonchev–Trinajstić information content (AvgIpc) is 2.98. The normalized spacial score (nSPS) is 12.9. The first-order valence-corrected chi connectivity index (χ1v) is 8.29. The number of hydrogen-bond donors (Lipinski definition) is 3. The zero-order chi connectivity index (χ0) is 19.8. The van der Waals surface area contributed by atoms with E-state index in [1.54, 1.807) is 6.20 Å². The summed E-state index contributed by atoms with van der Waals surface area (Å²) >= 11 is 0. The average molecular weight is 375 g/mol. The third-order valence-electron chi connectivity index (χ3n) is 4.22. The molecule has 7 nitrogen and oxygen atoms in total. The van der Waals surface area contributed by atoms with Gasteiger partial charge in [-0.15, -0.1) is 0 Å². The van der Waals surface area contributed by atoms with E-state index in [4.69, 9.17) is 5.11 Å². The number of carbonyl (C=O) groups is 1. The predicted octanol–water partition coefficient (Wildman–Crippen LogP) is 3.60. The topological polar surface area (TPSA) is 104 Å². The number of H-pyrrole nitrogens is 1. The van der Waals surface area contributed by atoms with Gasteiger partial charge in [0.15, 0.2) is 17.5 Å². The Hall–Kier alpha value is -3.10. The maximum atomic E-state index is 14.3. The van der Waals surface area contributed by atoms with Crippen LogP contribution in [0.4, 0.5) is 14.6 Å². The van der Waals surface area contributed by atoms with E-state index in [1.165, 1.54) is 6.07 Å². The lowest BCUT2D eigenvalue weighted by molar-refractivity contribution is -0.137. The fraction of sp³-hybridized carbons (Fsp3) is 0.333. The lowest BCUT2D eigenvalue weighted by Crippen LogP contribution is -2.36. The molecule has 0 aliphatic rings. The van der Waals surface area contributed by atoms with Crippen molar-refractivity contribution in [2.45, 2.75) is 33.2 Å². The van der Waals surface area contributed by atoms with Gasteiger partial charge in [-0.25, -0.2) is 23.7 Å². The minimum atomic E-state index is -1.00. The number of nitrogens with one attached hydrogen (secondary N) is 2. The first kappa shape index (κ1) is 18.7. The molecule has 0 aliphatic heterocycles. The number of anilines is 1. The van der Waals surface area contributed by atoms with E-state index in [2.05, 4.69) is 25.3 Å². The molecule has 3 heterocycles. The van der Waals surface area contributed by atoms with E-state index in [0.29, 0.717) is 16.6 Å². The third-order valence-corrected chi connectivity index (χ3v) is 4.22. The number of carboxylic acid groups (broad SMARTS) is 1. The van der Waals surface area contributed by atoms with Crippen LogP contribution in [0.5, 0.6) is 0 Å². The quantitative estimate of drug-likeness (QED) is 0.629. The van der Waals surface area contributed by atoms with Gasteiger partial charge in [-0.05, 0) is 11.5 Å². The minimum absolute atomic E-state index is 0.111. The van der Waals surface area contributed by atoms with Gasteiger partial charge in [0.1, 0.15) is 11.5 Å². The number of aromatic nitrogens is 4. The Labute approximate surface area is 153 Å². The van der Waals surface area contributed by atoms with Crippen LogP contribution in [0.15, 0.2) is 24.7 Å². The van der Waals surface area contributed by atoms with Crippen molar-refractivity contribution in [1.29, 1.82) is 0 Å². The summed E-state index contributed by atoms with van der Waals surface area (Å²) in [4.78, 5) is 26.2. The summed E-state index contributed by atoms with van der Waals surface area (Å²) in [6.45, 7) is 5.55. The Balaban J connectivity index is 2.01. The van der Waals surface area contributed by atoms with Crippen LogP contribution >= 0.6 is 0 Å². The fourth-order valence-corrected chi connectivity index (χ4v) is 2.67. The number of nitrogens with zero attached hydrogens (tertiary/aromatic N) is 3. The van der Waals surface area contributed by atoms with Gasteiger partial charge in [0, 0.05) is 23.2 Å². The number of halogens is 2. The van der Waals surface area contributed by atoms with Gasteiger partial charge in [-0.2, -0.15) is 0 Å². The summed E-state index contributed by atoms with van der Waals surface area (Å²) in [5, 5.41) is 12.5. The van der Waals surface area contributed by atoms with Crippen LogP contribution in [-0.4, -0.2) is 37.1 Å². The van der Waals surface area contributed by atoms with Crippen molar-refractivity contribution in [1.82, 2.24) is 19.9 Å². The Kier molecular flexibility index (Phi) is 4.77. The highest BCUT2D eigenvalue weighted by Gasteiger charge is 2.28. The molecule has 0 bridgehead atoms. The molecule has 0 amide bonds. The number of pyridine rings is 1. The van der Waals surface area contributed by atoms with E-state index in [0.717, 1.165) is 12.4 Å². The molecule has 3 aromatic heterocycles. The zero-order valence-corrected chi connectivity index (χ0v) is 15.0. The zero-order valence-electron chi connectivity index (χ0n) is 15.0. The van der Waals surface area contributed by atoms with Crippen molar-refractivity contribution in [3.63, 3.8) is 0 Å². The molecule has 0 spiro atoms. The maximum Gasteiger partial charge on any atom is 0.305 e. The number of carboxylic acids is 1. The highest BCUT2D eigenvalue weighted by Crippen LogP contribution is 2.29. The van der Waals surface area contributed by atoms with Crippen LogP contribution in [0.3, 0.4) is 0 Å². The summed E-state index contributed by atoms with van der Waals surface area (Å²) in [7, 11) is 0. The molecule has 0 fully saturated rings. The molecule has 1 atom stereocenters. The third kappa shape index (κ3) is 4.02. The van der Waals surface area contributed by atoms with Gasteiger partial charge in [0.05, 0.1) is 18.8 Å². The standard InChI is InChI=1S/C18H19F2N5O2/c1-18(2,3)13(5-14(26)27)24-17-12(20)8-23-16(25-17)11-7-22-15-10(11)4-9(19)6-21-15/h4,6-8,13H,5H2,1-3H3,(H,21,22)(H,26,27)(H,23,24,25)/t13-/m0/s1. The molecular weight excluding hydrogens is 356 g/mol. The highest BCUT2D eigenvalue weighted by molar-refractivity contribution is 5.91. The molecular formula is C18H19F2N5O2. The summed E-state index contributed by atoms with van der Waals surface area (Å²) in [6.07, 6.45) is 3.44. The van der Waals surface area contributed by atoms with E-state index in [1.807, 2.05) is 20.8 Å².